The lowest BCUT2D eigenvalue weighted by atomic mass is 10.0. The normalized spacial score (nSPS) is 14.7. The summed E-state index contributed by atoms with van der Waals surface area (Å²) in [5.74, 6) is -0.0602. The first kappa shape index (κ1) is 26.1. The Bertz CT molecular complexity index is 1080. The number of carbonyl (C=O) groups is 2. The van der Waals surface area contributed by atoms with E-state index in [9.17, 15) is 22.8 Å². The minimum absolute atomic E-state index is 0.178. The van der Waals surface area contributed by atoms with Crippen molar-refractivity contribution < 1.29 is 27.5 Å². The van der Waals surface area contributed by atoms with Gasteiger partial charge in [0.15, 0.2) is 5.75 Å². The van der Waals surface area contributed by atoms with Crippen molar-refractivity contribution in [1.82, 2.24) is 24.7 Å². The fraction of sp³-hybridized carbons (Fsp3) is 0.417. The van der Waals surface area contributed by atoms with Crippen LogP contribution in [0.4, 0.5) is 13.2 Å². The van der Waals surface area contributed by atoms with Crippen molar-refractivity contribution in [3.63, 3.8) is 0 Å². The molecule has 1 saturated heterocycles. The molecule has 0 aliphatic carbocycles. The number of carbonyl (C=O) groups excluding carboxylic acids is 2. The smallest absolute Gasteiger partial charge is 0.401 e. The fourth-order valence-electron chi connectivity index (χ4n) is 3.74. The Kier molecular flexibility index (Phi) is 8.44. The highest BCUT2D eigenvalue weighted by molar-refractivity contribution is 5.86. The summed E-state index contributed by atoms with van der Waals surface area (Å²) in [5.41, 5.74) is 3.19. The molecule has 0 bridgehead atoms. The molecule has 2 heterocycles. The monoisotopic (exact) mass is 491 g/mol. The van der Waals surface area contributed by atoms with Crippen LogP contribution in [0.2, 0.25) is 0 Å². The number of benzene rings is 1. The van der Waals surface area contributed by atoms with Gasteiger partial charge in [-0.15, -0.1) is 0 Å². The van der Waals surface area contributed by atoms with Crippen LogP contribution in [-0.4, -0.2) is 89.0 Å². The number of halogens is 3. The van der Waals surface area contributed by atoms with E-state index in [1.54, 1.807) is 18.1 Å². The largest absolute Gasteiger partial charge is 0.488 e. The van der Waals surface area contributed by atoms with Gasteiger partial charge in [-0.1, -0.05) is 18.7 Å². The number of aryl methyl sites for hydroxylation is 1. The second kappa shape index (κ2) is 11.3. The Labute approximate surface area is 202 Å². The first-order chi connectivity index (χ1) is 16.6. The molecule has 0 atom stereocenters. The molecule has 2 aromatic rings. The zero-order valence-corrected chi connectivity index (χ0v) is 19.7. The molecule has 0 spiro atoms. The van der Waals surface area contributed by atoms with Crippen LogP contribution in [0.5, 0.6) is 5.75 Å². The fourth-order valence-corrected chi connectivity index (χ4v) is 3.74. The van der Waals surface area contributed by atoms with E-state index in [0.717, 1.165) is 21.6 Å². The van der Waals surface area contributed by atoms with Crippen molar-refractivity contribution in [2.24, 2.45) is 0 Å². The van der Waals surface area contributed by atoms with Gasteiger partial charge in [-0.2, -0.15) is 13.2 Å². The summed E-state index contributed by atoms with van der Waals surface area (Å²) in [6, 6.07) is 5.65. The second-order valence-electron chi connectivity index (χ2n) is 8.33. The maximum Gasteiger partial charge on any atom is 0.401 e. The number of rotatable bonds is 9. The zero-order valence-electron chi connectivity index (χ0n) is 19.7. The van der Waals surface area contributed by atoms with Crippen molar-refractivity contribution in [2.45, 2.75) is 19.6 Å². The number of amides is 2. The summed E-state index contributed by atoms with van der Waals surface area (Å²) in [4.78, 5) is 36.6. The van der Waals surface area contributed by atoms with E-state index in [1.165, 1.54) is 17.3 Å². The van der Waals surface area contributed by atoms with Gasteiger partial charge in [-0.3, -0.25) is 14.5 Å². The Morgan fingerprint density at radius 2 is 2.09 bits per heavy atom. The summed E-state index contributed by atoms with van der Waals surface area (Å²) in [6.07, 6.45) is -0.118. The van der Waals surface area contributed by atoms with Gasteiger partial charge in [0.05, 0.1) is 25.8 Å². The van der Waals surface area contributed by atoms with Crippen LogP contribution < -0.4 is 4.74 Å². The lowest BCUT2D eigenvalue weighted by Crippen LogP contribution is -2.52. The molecule has 1 aromatic heterocycles. The van der Waals surface area contributed by atoms with Crippen LogP contribution in [0, 0.1) is 6.92 Å². The van der Waals surface area contributed by atoms with Crippen LogP contribution >= 0.6 is 0 Å². The number of hydrogen-bond donors (Lipinski definition) is 0. The van der Waals surface area contributed by atoms with Crippen LogP contribution in [0.1, 0.15) is 11.1 Å². The zero-order chi connectivity index (χ0) is 25.6. The molecule has 3 rings (SSSR count). The maximum absolute atomic E-state index is 12.6. The van der Waals surface area contributed by atoms with Gasteiger partial charge in [0, 0.05) is 32.2 Å². The SMILES string of the molecule is C=CC(=O)N(C)CCOc1cncnc1-c1ccc(CN2CCN(CC(F)(F)F)CC2=O)c(C)c1. The molecule has 0 N–H and O–H groups in total. The number of piperazine rings is 1. The molecule has 0 saturated carbocycles. The van der Waals surface area contributed by atoms with Crippen LogP contribution in [0.3, 0.4) is 0 Å². The summed E-state index contributed by atoms with van der Waals surface area (Å²) in [5, 5.41) is 0. The minimum atomic E-state index is -4.32. The number of nitrogens with zero attached hydrogens (tertiary/aromatic N) is 5. The highest BCUT2D eigenvalue weighted by atomic mass is 19.4. The number of ether oxygens (including phenoxy) is 1. The van der Waals surface area contributed by atoms with E-state index in [2.05, 4.69) is 16.5 Å². The lowest BCUT2D eigenvalue weighted by Gasteiger charge is -2.34. The highest BCUT2D eigenvalue weighted by Crippen LogP contribution is 2.29. The van der Waals surface area contributed by atoms with E-state index in [1.807, 2.05) is 25.1 Å². The van der Waals surface area contributed by atoms with Crippen molar-refractivity contribution in [2.75, 3.05) is 46.4 Å². The summed E-state index contributed by atoms with van der Waals surface area (Å²) in [7, 11) is 1.65. The molecule has 0 radical (unpaired) electrons. The van der Waals surface area contributed by atoms with E-state index in [0.29, 0.717) is 24.5 Å². The molecular weight excluding hydrogens is 463 g/mol. The molecule has 1 aromatic carbocycles. The van der Waals surface area contributed by atoms with Gasteiger partial charge in [-0.05, 0) is 30.2 Å². The average molecular weight is 492 g/mol. The van der Waals surface area contributed by atoms with E-state index >= 15 is 0 Å². The van der Waals surface area contributed by atoms with Crippen LogP contribution in [0.15, 0.2) is 43.4 Å². The number of alkyl halides is 3. The molecule has 8 nitrogen and oxygen atoms in total. The maximum atomic E-state index is 12.6. The Morgan fingerprint density at radius 1 is 1.31 bits per heavy atom. The first-order valence-corrected chi connectivity index (χ1v) is 11.0. The number of likely N-dealkylation sites (N-methyl/N-ethyl adjacent to an activating group) is 1. The van der Waals surface area contributed by atoms with Gasteiger partial charge in [0.2, 0.25) is 11.8 Å². The topological polar surface area (TPSA) is 78.9 Å². The molecule has 1 fully saturated rings. The van der Waals surface area contributed by atoms with Crippen molar-refractivity contribution in [1.29, 1.82) is 0 Å². The van der Waals surface area contributed by atoms with Gasteiger partial charge in [0.1, 0.15) is 18.6 Å². The van der Waals surface area contributed by atoms with E-state index in [4.69, 9.17) is 4.74 Å². The predicted octanol–water partition coefficient (Wildman–Crippen LogP) is 2.68. The second-order valence-corrected chi connectivity index (χ2v) is 8.33. The standard InChI is InChI=1S/C24H28F3N5O3/c1-4-21(33)30(3)9-10-35-20-12-28-16-29-23(20)18-5-6-19(17(2)11-18)13-32-8-7-31(14-22(32)34)15-24(25,26)27/h4-6,11-12,16H,1,7-10,13-15H2,2-3H3. The summed E-state index contributed by atoms with van der Waals surface area (Å²) >= 11 is 0. The Balaban J connectivity index is 1.65. The molecule has 11 heteroatoms. The third-order valence-electron chi connectivity index (χ3n) is 5.69. The van der Waals surface area contributed by atoms with Crippen molar-refractivity contribution >= 4 is 11.8 Å². The lowest BCUT2D eigenvalue weighted by molar-refractivity contribution is -0.157. The van der Waals surface area contributed by atoms with Crippen molar-refractivity contribution in [3.8, 4) is 17.0 Å². The first-order valence-electron chi connectivity index (χ1n) is 11.0. The van der Waals surface area contributed by atoms with Gasteiger partial charge in [-0.25, -0.2) is 9.97 Å². The molecule has 2 amide bonds. The molecule has 0 unspecified atom stereocenters. The van der Waals surface area contributed by atoms with Crippen LogP contribution in [0.25, 0.3) is 11.3 Å². The molecule has 35 heavy (non-hydrogen) atoms. The van der Waals surface area contributed by atoms with Crippen molar-refractivity contribution in [3.05, 3.63) is 54.5 Å². The number of aromatic nitrogens is 2. The van der Waals surface area contributed by atoms with Gasteiger partial charge in [0.25, 0.3) is 0 Å². The van der Waals surface area contributed by atoms with Gasteiger partial charge >= 0.3 is 6.18 Å². The number of hydrogen-bond acceptors (Lipinski definition) is 6. The summed E-state index contributed by atoms with van der Waals surface area (Å²) < 4.78 is 43.7. The minimum Gasteiger partial charge on any atom is -0.488 e. The molecule has 1 aliphatic rings. The van der Waals surface area contributed by atoms with E-state index < -0.39 is 12.7 Å². The van der Waals surface area contributed by atoms with Gasteiger partial charge < -0.3 is 14.5 Å². The molecular formula is C24H28F3N5O3. The Morgan fingerprint density at radius 3 is 2.74 bits per heavy atom. The third kappa shape index (κ3) is 7.25. The van der Waals surface area contributed by atoms with Crippen LogP contribution in [-0.2, 0) is 16.1 Å². The predicted molar refractivity (Wildman–Crippen MR) is 123 cm³/mol. The molecule has 188 valence electrons. The summed E-state index contributed by atoms with van der Waals surface area (Å²) in [6.45, 7) is 5.38. The Hall–Kier alpha value is -3.47. The quantitative estimate of drug-likeness (QED) is 0.502. The van der Waals surface area contributed by atoms with E-state index in [-0.39, 0.29) is 38.1 Å². The highest BCUT2D eigenvalue weighted by Gasteiger charge is 2.34. The third-order valence-corrected chi connectivity index (χ3v) is 5.69. The molecule has 1 aliphatic heterocycles. The average Bonchev–Trinajstić information content (AvgIpc) is 2.80.